The Morgan fingerprint density at radius 3 is 1.55 bits per heavy atom. The number of ether oxygens (including phenoxy) is 1. The summed E-state index contributed by atoms with van der Waals surface area (Å²) < 4.78 is 12.6. The first kappa shape index (κ1) is 42.6. The Morgan fingerprint density at radius 2 is 1.01 bits per heavy atom. The van der Waals surface area contributed by atoms with Crippen LogP contribution >= 0.6 is 0 Å². The zero-order chi connectivity index (χ0) is 46.5. The topological polar surface area (TPSA) is 54.1 Å². The highest BCUT2D eigenvalue weighted by molar-refractivity contribution is 5.96. The van der Waals surface area contributed by atoms with E-state index >= 15 is 0 Å². The predicted molar refractivity (Wildman–Crippen MR) is 285 cm³/mol. The highest BCUT2D eigenvalue weighted by Gasteiger charge is 2.31. The van der Waals surface area contributed by atoms with Gasteiger partial charge < -0.3 is 19.0 Å². The number of nitrogens with zero attached hydrogens (tertiary/aromatic N) is 4. The van der Waals surface area contributed by atoms with E-state index in [0.717, 1.165) is 89.8 Å². The molecule has 2 heterocycles. The fourth-order valence-corrected chi connectivity index (χ4v) is 9.00. The molecular weight excluding hydrogens is 845 g/mol. The normalized spacial score (nSPS) is 15.3. The Kier molecular flexibility index (Phi) is 11.8. The summed E-state index contributed by atoms with van der Waals surface area (Å²) in [5.74, 6) is 1.25. The number of hydrogen-bond donors (Lipinski definition) is 0. The van der Waals surface area contributed by atoms with Gasteiger partial charge in [-0.15, -0.1) is 0 Å². The number of oxazole rings is 1. The first-order chi connectivity index (χ1) is 34.1. The van der Waals surface area contributed by atoms with E-state index in [-0.39, 0.29) is 12.1 Å². The second kappa shape index (κ2) is 19.1. The minimum absolute atomic E-state index is 0.0897. The molecule has 0 radical (unpaired) electrons. The van der Waals surface area contributed by atoms with Crippen molar-refractivity contribution in [3.63, 3.8) is 0 Å². The lowest BCUT2D eigenvalue weighted by atomic mass is 9.95. The van der Waals surface area contributed by atoms with Crippen LogP contribution in [-0.4, -0.2) is 23.0 Å². The molecule has 0 N–H and O–H groups in total. The lowest BCUT2D eigenvalue weighted by Gasteiger charge is -2.26. The molecule has 0 saturated heterocycles. The fourth-order valence-electron chi connectivity index (χ4n) is 9.00. The van der Waals surface area contributed by atoms with E-state index in [4.69, 9.17) is 19.1 Å². The quantitative estimate of drug-likeness (QED) is 0.108. The molecule has 0 bridgehead atoms. The van der Waals surface area contributed by atoms with Gasteiger partial charge in [0, 0.05) is 45.3 Å². The third kappa shape index (κ3) is 8.87. The molecule has 0 fully saturated rings. The van der Waals surface area contributed by atoms with E-state index in [0.29, 0.717) is 11.8 Å². The SMILES string of the molecule is C=C/C(=C\C=C/C)C1=CC2N=C(c3ccc(N(c4ccccc4)c4ccc(-c5ccc(N(c6ccccc6)c6ccc(-c7nc8cc(-c9ccccc9)ccc8o7)cc6)cc5)cc4)cc3)OC2C=C1. The van der Waals surface area contributed by atoms with E-state index in [2.05, 4.69) is 211 Å². The highest BCUT2D eigenvalue weighted by Crippen LogP contribution is 2.40. The van der Waals surface area contributed by atoms with Gasteiger partial charge in [-0.3, -0.25) is 0 Å². The number of allylic oxidation sites excluding steroid dienone is 7. The summed E-state index contributed by atoms with van der Waals surface area (Å²) >= 11 is 0. The largest absolute Gasteiger partial charge is 0.467 e. The lowest BCUT2D eigenvalue weighted by Crippen LogP contribution is -2.21. The van der Waals surface area contributed by atoms with Crippen LogP contribution in [0.3, 0.4) is 0 Å². The van der Waals surface area contributed by atoms with Crippen LogP contribution in [0.4, 0.5) is 34.1 Å². The average Bonchev–Trinajstić information content (AvgIpc) is 4.05. The molecule has 6 nitrogen and oxygen atoms in total. The number of aromatic nitrogens is 1. The van der Waals surface area contributed by atoms with E-state index < -0.39 is 0 Å². The molecular formula is C63H48N4O2. The molecule has 0 spiro atoms. The summed E-state index contributed by atoms with van der Waals surface area (Å²) in [6, 6.07) is 71.7. The molecule has 1 aromatic heterocycles. The van der Waals surface area contributed by atoms with Crippen LogP contribution in [0.25, 0.3) is 44.8 Å². The first-order valence-corrected chi connectivity index (χ1v) is 23.3. The van der Waals surface area contributed by atoms with Gasteiger partial charge in [-0.1, -0.05) is 134 Å². The summed E-state index contributed by atoms with van der Waals surface area (Å²) in [7, 11) is 0. The van der Waals surface area contributed by atoms with Crippen molar-refractivity contribution in [2.75, 3.05) is 9.80 Å². The summed E-state index contributed by atoms with van der Waals surface area (Å²) in [5, 5.41) is 0. The molecule has 1 aliphatic carbocycles. The fraction of sp³-hybridized carbons (Fsp3) is 0.0476. The van der Waals surface area contributed by atoms with E-state index in [9.17, 15) is 0 Å². The lowest BCUT2D eigenvalue weighted by molar-refractivity contribution is 0.254. The van der Waals surface area contributed by atoms with Gasteiger partial charge in [0.15, 0.2) is 5.58 Å². The minimum Gasteiger partial charge on any atom is -0.467 e. The number of benzene rings is 8. The maximum Gasteiger partial charge on any atom is 0.227 e. The van der Waals surface area contributed by atoms with Crippen molar-refractivity contribution in [1.29, 1.82) is 0 Å². The molecule has 0 saturated carbocycles. The zero-order valence-electron chi connectivity index (χ0n) is 38.1. The highest BCUT2D eigenvalue weighted by atomic mass is 16.5. The molecule has 69 heavy (non-hydrogen) atoms. The Labute approximate surface area is 403 Å². The van der Waals surface area contributed by atoms with Crippen molar-refractivity contribution in [3.8, 4) is 33.7 Å². The second-order valence-corrected chi connectivity index (χ2v) is 16.9. The van der Waals surface area contributed by atoms with Crippen LogP contribution < -0.4 is 9.80 Å². The van der Waals surface area contributed by atoms with Gasteiger partial charge in [-0.2, -0.15) is 0 Å². The molecule has 8 aromatic carbocycles. The van der Waals surface area contributed by atoms with Gasteiger partial charge in [0.25, 0.3) is 0 Å². The molecule has 2 unspecified atom stereocenters. The molecule has 2 aliphatic rings. The third-order valence-electron chi connectivity index (χ3n) is 12.5. The molecule has 6 heteroatoms. The first-order valence-electron chi connectivity index (χ1n) is 23.3. The summed E-state index contributed by atoms with van der Waals surface area (Å²) in [4.78, 5) is 14.4. The molecule has 1 aliphatic heterocycles. The van der Waals surface area contributed by atoms with Gasteiger partial charge >= 0.3 is 0 Å². The number of fused-ring (bicyclic) bond motifs is 2. The van der Waals surface area contributed by atoms with Crippen molar-refractivity contribution in [1.82, 2.24) is 4.98 Å². The van der Waals surface area contributed by atoms with Gasteiger partial charge in [-0.25, -0.2) is 9.98 Å². The monoisotopic (exact) mass is 892 g/mol. The Morgan fingerprint density at radius 1 is 0.536 bits per heavy atom. The van der Waals surface area contributed by atoms with Gasteiger partial charge in [0.1, 0.15) is 17.7 Å². The number of anilines is 6. The number of aliphatic imine (C=N–C) groups is 1. The van der Waals surface area contributed by atoms with Crippen LogP contribution in [0.5, 0.6) is 0 Å². The number of para-hydroxylation sites is 2. The molecule has 9 aromatic rings. The predicted octanol–water partition coefficient (Wildman–Crippen LogP) is 16.5. The van der Waals surface area contributed by atoms with Crippen LogP contribution in [0, 0.1) is 0 Å². The smallest absolute Gasteiger partial charge is 0.227 e. The van der Waals surface area contributed by atoms with Crippen molar-refractivity contribution < 1.29 is 9.15 Å². The van der Waals surface area contributed by atoms with Crippen molar-refractivity contribution in [3.05, 3.63) is 272 Å². The van der Waals surface area contributed by atoms with Gasteiger partial charge in [-0.05, 0) is 162 Å². The Hall–Kier alpha value is -9.00. The average molecular weight is 893 g/mol. The molecule has 0 amide bonds. The second-order valence-electron chi connectivity index (χ2n) is 16.9. The van der Waals surface area contributed by atoms with Crippen LogP contribution in [-0.2, 0) is 4.74 Å². The third-order valence-corrected chi connectivity index (χ3v) is 12.5. The molecule has 2 atom stereocenters. The molecule has 11 rings (SSSR count). The van der Waals surface area contributed by atoms with Crippen LogP contribution in [0.2, 0.25) is 0 Å². The van der Waals surface area contributed by atoms with Crippen molar-refractivity contribution >= 4 is 51.1 Å². The summed E-state index contributed by atoms with van der Waals surface area (Å²) in [6.45, 7) is 6.02. The summed E-state index contributed by atoms with van der Waals surface area (Å²) in [5.41, 5.74) is 16.4. The maximum absolute atomic E-state index is 6.36. The number of hydrogen-bond acceptors (Lipinski definition) is 6. The van der Waals surface area contributed by atoms with Gasteiger partial charge in [0.05, 0.1) is 0 Å². The van der Waals surface area contributed by atoms with Crippen LogP contribution in [0.1, 0.15) is 12.5 Å². The van der Waals surface area contributed by atoms with Crippen LogP contribution in [0.15, 0.2) is 276 Å². The standard InChI is InChI=1S/C63H48N4O2/c1-3-5-15-44(4-2)50-30-40-60-58(42-50)64-62(68-60)48-26-36-56(37-27-48)66(52-18-11-7-12-19-52)54-32-22-46(23-33-54)47-24-34-55(35-25-47)67(53-20-13-8-14-21-53)57-38-28-49(29-39-57)63-65-59-43-51(31-41-61(59)69-63)45-16-9-6-10-17-45/h3-43,58,60H,2H2,1H3/b5-3-,44-15+. The number of rotatable bonds is 13. The summed E-state index contributed by atoms with van der Waals surface area (Å²) in [6.07, 6.45) is 14.2. The Bertz CT molecular complexity index is 3410. The molecule has 332 valence electrons. The zero-order valence-corrected chi connectivity index (χ0v) is 38.1. The Balaban J connectivity index is 0.826. The van der Waals surface area contributed by atoms with E-state index in [1.807, 2.05) is 61.5 Å². The van der Waals surface area contributed by atoms with Crippen molar-refractivity contribution in [2.24, 2.45) is 4.99 Å². The maximum atomic E-state index is 6.36. The van der Waals surface area contributed by atoms with Crippen molar-refractivity contribution in [2.45, 2.75) is 19.1 Å². The van der Waals surface area contributed by atoms with E-state index in [1.54, 1.807) is 0 Å². The van der Waals surface area contributed by atoms with E-state index in [1.165, 1.54) is 0 Å². The van der Waals surface area contributed by atoms with Gasteiger partial charge in [0.2, 0.25) is 11.8 Å². The minimum atomic E-state index is -0.129.